The lowest BCUT2D eigenvalue weighted by molar-refractivity contribution is 0.306. The normalized spacial score (nSPS) is 10.6. The number of rotatable bonds is 7. The molecule has 0 saturated carbocycles. The maximum atomic E-state index is 5.88. The summed E-state index contributed by atoms with van der Waals surface area (Å²) in [5.41, 5.74) is 5.62. The summed E-state index contributed by atoms with van der Waals surface area (Å²) in [6.45, 7) is 0.484. The Hall–Kier alpha value is -3.09. The molecule has 148 valence electrons. The number of hydrogen-bond donors (Lipinski definition) is 2. The lowest BCUT2D eigenvalue weighted by atomic mass is 10.2. The smallest absolute Gasteiger partial charge is 0.191 e. The number of ether oxygens (including phenoxy) is 2. The van der Waals surface area contributed by atoms with Crippen molar-refractivity contribution in [1.29, 1.82) is 0 Å². The molecule has 0 fully saturated rings. The highest BCUT2D eigenvalue weighted by Crippen LogP contribution is 2.16. The van der Waals surface area contributed by atoms with Crippen LogP contribution in [0.15, 0.2) is 77.9 Å². The van der Waals surface area contributed by atoms with Gasteiger partial charge in [-0.05, 0) is 84.0 Å². The average molecular weight is 426 g/mol. The Morgan fingerprint density at radius 2 is 1.62 bits per heavy atom. The Labute approximate surface area is 180 Å². The highest BCUT2D eigenvalue weighted by Gasteiger charge is 1.99. The number of halogens is 1. The molecule has 0 aliphatic rings. The summed E-state index contributed by atoms with van der Waals surface area (Å²) < 4.78 is 10.9. The second-order valence-electron chi connectivity index (χ2n) is 6.04. The molecule has 3 rings (SSSR count). The molecule has 0 radical (unpaired) electrons. The van der Waals surface area contributed by atoms with E-state index in [1.807, 2.05) is 72.8 Å². The fraction of sp³-hybridized carbons (Fsp3) is 0.0909. The van der Waals surface area contributed by atoms with Gasteiger partial charge in [0, 0.05) is 10.7 Å². The summed E-state index contributed by atoms with van der Waals surface area (Å²) in [6, 6.07) is 22.7. The van der Waals surface area contributed by atoms with Crippen LogP contribution in [0.4, 0.5) is 5.69 Å². The molecule has 0 amide bonds. The minimum absolute atomic E-state index is 0.398. The number of nitrogens with zero attached hydrogens (tertiary/aromatic N) is 1. The number of anilines is 1. The minimum Gasteiger partial charge on any atom is -0.497 e. The van der Waals surface area contributed by atoms with Crippen molar-refractivity contribution in [3.05, 3.63) is 88.9 Å². The molecule has 3 aromatic rings. The van der Waals surface area contributed by atoms with Gasteiger partial charge in [0.2, 0.25) is 0 Å². The number of nitrogens with one attached hydrogen (secondary N) is 2. The lowest BCUT2D eigenvalue weighted by Gasteiger charge is -2.08. The Kier molecular flexibility index (Phi) is 7.44. The second kappa shape index (κ2) is 10.5. The van der Waals surface area contributed by atoms with E-state index in [4.69, 9.17) is 33.3 Å². The van der Waals surface area contributed by atoms with Crippen molar-refractivity contribution < 1.29 is 9.47 Å². The quantitative estimate of drug-likeness (QED) is 0.307. The van der Waals surface area contributed by atoms with Crippen LogP contribution in [0.3, 0.4) is 0 Å². The van der Waals surface area contributed by atoms with Crippen molar-refractivity contribution in [3.63, 3.8) is 0 Å². The first-order valence-corrected chi connectivity index (χ1v) is 9.62. The number of hydrazone groups is 1. The van der Waals surface area contributed by atoms with E-state index in [0.29, 0.717) is 16.7 Å². The van der Waals surface area contributed by atoms with Gasteiger partial charge >= 0.3 is 0 Å². The Morgan fingerprint density at radius 1 is 0.966 bits per heavy atom. The fourth-order valence-electron chi connectivity index (χ4n) is 2.40. The van der Waals surface area contributed by atoms with Crippen molar-refractivity contribution in [1.82, 2.24) is 5.43 Å². The van der Waals surface area contributed by atoms with Crippen molar-refractivity contribution in [2.75, 3.05) is 12.4 Å². The van der Waals surface area contributed by atoms with Crippen LogP contribution < -0.4 is 20.2 Å². The second-order valence-corrected chi connectivity index (χ2v) is 6.88. The van der Waals surface area contributed by atoms with Crippen molar-refractivity contribution in [2.45, 2.75) is 6.61 Å². The molecule has 0 aliphatic carbocycles. The summed E-state index contributed by atoms with van der Waals surface area (Å²) in [5.74, 6) is 1.56. The van der Waals surface area contributed by atoms with Gasteiger partial charge in [0.05, 0.1) is 13.3 Å². The van der Waals surface area contributed by atoms with Gasteiger partial charge in [-0.1, -0.05) is 23.7 Å². The van der Waals surface area contributed by atoms with Gasteiger partial charge in [-0.2, -0.15) is 5.10 Å². The maximum Gasteiger partial charge on any atom is 0.191 e. The molecule has 29 heavy (non-hydrogen) atoms. The molecule has 0 saturated heterocycles. The molecular formula is C22H20ClN3O2S. The summed E-state index contributed by atoms with van der Waals surface area (Å²) in [4.78, 5) is 0. The van der Waals surface area contributed by atoms with Gasteiger partial charge in [-0.25, -0.2) is 0 Å². The van der Waals surface area contributed by atoms with Crippen LogP contribution in [0.5, 0.6) is 11.5 Å². The highest BCUT2D eigenvalue weighted by atomic mass is 35.5. The first kappa shape index (κ1) is 20.6. The standard InChI is InChI=1S/C22H20ClN3O2S/c1-27-20-12-8-19(9-13-20)25-22(29)26-24-14-16-4-10-21(11-5-16)28-15-17-2-6-18(23)7-3-17/h2-14H,15H2,1H3,(H2,25,26,29)/b24-14+. The van der Waals surface area contributed by atoms with Gasteiger partial charge in [-0.15, -0.1) is 0 Å². The largest absolute Gasteiger partial charge is 0.497 e. The van der Waals surface area contributed by atoms with Gasteiger partial charge in [0.25, 0.3) is 0 Å². The van der Waals surface area contributed by atoms with E-state index < -0.39 is 0 Å². The van der Waals surface area contributed by atoms with E-state index in [-0.39, 0.29) is 0 Å². The summed E-state index contributed by atoms with van der Waals surface area (Å²) in [7, 11) is 1.63. The Balaban J connectivity index is 1.45. The van der Waals surface area contributed by atoms with E-state index in [1.165, 1.54) is 0 Å². The van der Waals surface area contributed by atoms with Crippen LogP contribution in [-0.4, -0.2) is 18.4 Å². The maximum absolute atomic E-state index is 5.88. The fourth-order valence-corrected chi connectivity index (χ4v) is 2.69. The van der Waals surface area contributed by atoms with Crippen LogP contribution >= 0.6 is 23.8 Å². The molecule has 7 heteroatoms. The Morgan fingerprint density at radius 3 is 2.28 bits per heavy atom. The first-order valence-electron chi connectivity index (χ1n) is 8.84. The lowest BCUT2D eigenvalue weighted by Crippen LogP contribution is -2.23. The molecule has 0 heterocycles. The van der Waals surface area contributed by atoms with Crippen LogP contribution in [0.1, 0.15) is 11.1 Å². The SMILES string of the molecule is COc1ccc(NC(=S)N/N=C/c2ccc(OCc3ccc(Cl)cc3)cc2)cc1. The molecule has 0 aromatic heterocycles. The summed E-state index contributed by atoms with van der Waals surface area (Å²) in [6.07, 6.45) is 1.69. The van der Waals surface area contributed by atoms with Crippen LogP contribution in [-0.2, 0) is 6.61 Å². The molecule has 0 unspecified atom stereocenters. The zero-order valence-electron chi connectivity index (χ0n) is 15.8. The van der Waals surface area contributed by atoms with Gasteiger partial charge in [-0.3, -0.25) is 5.43 Å². The van der Waals surface area contributed by atoms with Gasteiger partial charge in [0.1, 0.15) is 18.1 Å². The molecule has 0 atom stereocenters. The number of methoxy groups -OCH3 is 1. The van der Waals surface area contributed by atoms with Crippen LogP contribution in [0.2, 0.25) is 5.02 Å². The van der Waals surface area contributed by atoms with Gasteiger partial charge < -0.3 is 14.8 Å². The molecular weight excluding hydrogens is 406 g/mol. The first-order chi connectivity index (χ1) is 14.1. The molecule has 0 bridgehead atoms. The van der Waals surface area contributed by atoms with E-state index in [9.17, 15) is 0 Å². The molecule has 2 N–H and O–H groups in total. The number of benzene rings is 3. The minimum atomic E-state index is 0.398. The van der Waals surface area contributed by atoms with Crippen molar-refractivity contribution >= 4 is 40.8 Å². The predicted molar refractivity (Wildman–Crippen MR) is 122 cm³/mol. The zero-order valence-corrected chi connectivity index (χ0v) is 17.3. The average Bonchev–Trinajstić information content (AvgIpc) is 2.75. The summed E-state index contributed by atoms with van der Waals surface area (Å²) in [5, 5.41) is 8.30. The topological polar surface area (TPSA) is 54.9 Å². The van der Waals surface area contributed by atoms with E-state index >= 15 is 0 Å². The van der Waals surface area contributed by atoms with Gasteiger partial charge in [0.15, 0.2) is 5.11 Å². The molecule has 5 nitrogen and oxygen atoms in total. The highest BCUT2D eigenvalue weighted by molar-refractivity contribution is 7.80. The molecule has 0 aliphatic heterocycles. The third kappa shape index (κ3) is 6.78. The summed E-state index contributed by atoms with van der Waals surface area (Å²) >= 11 is 11.1. The Bertz CT molecular complexity index is 959. The third-order valence-corrected chi connectivity index (χ3v) is 4.37. The van der Waals surface area contributed by atoms with Crippen LogP contribution in [0.25, 0.3) is 0 Å². The van der Waals surface area contributed by atoms with E-state index in [1.54, 1.807) is 13.3 Å². The molecule has 3 aromatic carbocycles. The monoisotopic (exact) mass is 425 g/mol. The van der Waals surface area contributed by atoms with E-state index in [0.717, 1.165) is 28.3 Å². The number of thiocarbonyl (C=S) groups is 1. The molecule has 0 spiro atoms. The van der Waals surface area contributed by atoms with Crippen molar-refractivity contribution in [2.24, 2.45) is 5.10 Å². The number of hydrogen-bond acceptors (Lipinski definition) is 4. The van der Waals surface area contributed by atoms with Crippen molar-refractivity contribution in [3.8, 4) is 11.5 Å². The van der Waals surface area contributed by atoms with Crippen LogP contribution in [0, 0.1) is 0 Å². The third-order valence-electron chi connectivity index (χ3n) is 3.93. The predicted octanol–water partition coefficient (Wildman–Crippen LogP) is 5.25. The van der Waals surface area contributed by atoms with E-state index in [2.05, 4.69) is 15.8 Å². The zero-order chi connectivity index (χ0) is 20.5.